The molecule has 12 heteroatoms. The molecule has 1 aliphatic heterocycles. The summed E-state index contributed by atoms with van der Waals surface area (Å²) in [6.07, 6.45) is 0.662. The van der Waals surface area contributed by atoms with E-state index in [1.807, 2.05) is 18.2 Å². The first-order chi connectivity index (χ1) is 18.7. The first kappa shape index (κ1) is 29.6. The molecule has 2 amide bonds. The summed E-state index contributed by atoms with van der Waals surface area (Å²) in [7, 11) is -3.82. The number of thiophene rings is 1. The summed E-state index contributed by atoms with van der Waals surface area (Å²) in [6.45, 7) is 2.23. The van der Waals surface area contributed by atoms with Crippen LogP contribution in [0.3, 0.4) is 0 Å². The number of halogens is 2. The van der Waals surface area contributed by atoms with E-state index in [0.29, 0.717) is 39.8 Å². The van der Waals surface area contributed by atoms with Gasteiger partial charge < -0.3 is 11.1 Å². The topological polar surface area (TPSA) is 122 Å². The molecule has 3 aromatic carbocycles. The van der Waals surface area contributed by atoms with Crippen molar-refractivity contribution < 1.29 is 18.0 Å². The van der Waals surface area contributed by atoms with Gasteiger partial charge in [-0.3, -0.25) is 19.2 Å². The molecule has 0 spiro atoms. The average molecular weight is 618 g/mol. The van der Waals surface area contributed by atoms with E-state index in [1.165, 1.54) is 65.4 Å². The molecule has 0 fully saturated rings. The zero-order valence-corrected chi connectivity index (χ0v) is 24.3. The van der Waals surface area contributed by atoms with Gasteiger partial charge in [0, 0.05) is 40.8 Å². The number of hydrogen-bond donors (Lipinski definition) is 3. The fourth-order valence-electron chi connectivity index (χ4n) is 4.47. The van der Waals surface area contributed by atoms with Crippen LogP contribution in [0, 0.1) is 0 Å². The molecule has 8 nitrogen and oxygen atoms in total. The first-order valence-electron chi connectivity index (χ1n) is 12.1. The highest BCUT2D eigenvalue weighted by Crippen LogP contribution is 2.37. The van der Waals surface area contributed by atoms with E-state index in [2.05, 4.69) is 27.1 Å². The lowest BCUT2D eigenvalue weighted by molar-refractivity contribution is 0.0999. The lowest BCUT2D eigenvalue weighted by Gasteiger charge is -2.27. The standard InChI is InChI=1S/C28H25ClN4O4S2.ClH/c29-20-8-12-22(13-9-20)39(36,37)32-21-10-6-19(7-11-21)27(35)31-28-25(26(30)34)23-14-15-33(17-24(23)38-28)16-18-4-2-1-3-5-18;/h1-13,32H,14-17H2,(H2,30,34)(H,31,35);1H. The monoisotopic (exact) mass is 616 g/mol. The number of nitrogens with zero attached hydrogens (tertiary/aromatic N) is 1. The number of rotatable bonds is 8. The van der Waals surface area contributed by atoms with E-state index in [-0.39, 0.29) is 17.3 Å². The molecule has 0 unspecified atom stereocenters. The van der Waals surface area contributed by atoms with Gasteiger partial charge in [-0.05, 0) is 66.1 Å². The van der Waals surface area contributed by atoms with Crippen molar-refractivity contribution in [2.75, 3.05) is 16.6 Å². The molecule has 0 atom stereocenters. The Kier molecular flexibility index (Phi) is 9.17. The van der Waals surface area contributed by atoms with Crippen molar-refractivity contribution in [3.8, 4) is 0 Å². The number of carbonyl (C=O) groups is 2. The van der Waals surface area contributed by atoms with E-state index in [4.69, 9.17) is 17.3 Å². The highest BCUT2D eigenvalue weighted by Gasteiger charge is 2.28. The van der Waals surface area contributed by atoms with E-state index in [0.717, 1.165) is 23.5 Å². The third kappa shape index (κ3) is 6.65. The molecule has 5 rings (SSSR count). The van der Waals surface area contributed by atoms with Crippen LogP contribution in [-0.4, -0.2) is 31.7 Å². The van der Waals surface area contributed by atoms with Crippen molar-refractivity contribution in [3.63, 3.8) is 0 Å². The van der Waals surface area contributed by atoms with Crippen LogP contribution in [0.5, 0.6) is 0 Å². The normalized spacial score (nSPS) is 13.1. The van der Waals surface area contributed by atoms with Gasteiger partial charge in [0.2, 0.25) is 0 Å². The molecule has 0 radical (unpaired) electrons. The lowest BCUT2D eigenvalue weighted by Crippen LogP contribution is -2.30. The van der Waals surface area contributed by atoms with Gasteiger partial charge in [0.25, 0.3) is 21.8 Å². The smallest absolute Gasteiger partial charge is 0.261 e. The van der Waals surface area contributed by atoms with Gasteiger partial charge in [0.1, 0.15) is 5.00 Å². The molecule has 2 heterocycles. The second-order valence-corrected chi connectivity index (χ2v) is 12.3. The molecule has 1 aromatic heterocycles. The van der Waals surface area contributed by atoms with Crippen molar-refractivity contribution in [2.24, 2.45) is 5.73 Å². The van der Waals surface area contributed by atoms with Gasteiger partial charge in [-0.15, -0.1) is 23.7 Å². The summed E-state index contributed by atoms with van der Waals surface area (Å²) in [6, 6.07) is 22.0. The maximum Gasteiger partial charge on any atom is 0.261 e. The summed E-state index contributed by atoms with van der Waals surface area (Å²) in [4.78, 5) is 28.8. The number of carbonyl (C=O) groups excluding carboxylic acids is 2. The summed E-state index contributed by atoms with van der Waals surface area (Å²) in [5.74, 6) is -1.00. The Labute approximate surface area is 247 Å². The predicted molar refractivity (Wildman–Crippen MR) is 161 cm³/mol. The van der Waals surface area contributed by atoms with Gasteiger partial charge in [-0.25, -0.2) is 8.42 Å². The van der Waals surface area contributed by atoms with Gasteiger partial charge >= 0.3 is 0 Å². The number of anilines is 2. The van der Waals surface area contributed by atoms with E-state index in [9.17, 15) is 18.0 Å². The molecule has 4 aromatic rings. The first-order valence-corrected chi connectivity index (χ1v) is 14.8. The van der Waals surface area contributed by atoms with Crippen molar-refractivity contribution in [1.82, 2.24) is 4.90 Å². The van der Waals surface area contributed by atoms with E-state index >= 15 is 0 Å². The second kappa shape index (κ2) is 12.4. The van der Waals surface area contributed by atoms with Gasteiger partial charge in [0.15, 0.2) is 0 Å². The van der Waals surface area contributed by atoms with E-state index in [1.54, 1.807) is 0 Å². The Balaban J connectivity index is 0.00000370. The number of primary amides is 1. The number of hydrogen-bond acceptors (Lipinski definition) is 6. The number of amides is 2. The Hall–Kier alpha value is -3.41. The molecule has 208 valence electrons. The summed E-state index contributed by atoms with van der Waals surface area (Å²) in [5.41, 5.74) is 8.77. The van der Waals surface area contributed by atoms with Gasteiger partial charge in [-0.2, -0.15) is 0 Å². The molecule has 0 bridgehead atoms. The van der Waals surface area contributed by atoms with Crippen LogP contribution >= 0.6 is 35.3 Å². The number of nitrogens with two attached hydrogens (primary N) is 1. The molecular formula is C28H26Cl2N4O4S2. The van der Waals surface area contributed by atoms with Crippen LogP contribution in [0.1, 0.15) is 36.7 Å². The van der Waals surface area contributed by atoms with Crippen molar-refractivity contribution in [2.45, 2.75) is 24.4 Å². The molecule has 0 aliphatic carbocycles. The highest BCUT2D eigenvalue weighted by molar-refractivity contribution is 7.92. The summed E-state index contributed by atoms with van der Waals surface area (Å²) < 4.78 is 27.7. The fraction of sp³-hybridized carbons (Fsp3) is 0.143. The minimum absolute atomic E-state index is 0. The van der Waals surface area contributed by atoms with Crippen LogP contribution in [-0.2, 0) is 29.5 Å². The molecule has 0 saturated heterocycles. The average Bonchev–Trinajstić information content (AvgIpc) is 3.27. The molecular weight excluding hydrogens is 591 g/mol. The van der Waals surface area contributed by atoms with Crippen LogP contribution in [0.15, 0.2) is 83.8 Å². The quantitative estimate of drug-likeness (QED) is 0.240. The molecule has 0 saturated carbocycles. The third-order valence-corrected chi connectivity index (χ3v) is 9.16. The van der Waals surface area contributed by atoms with Crippen molar-refractivity contribution >= 4 is 67.9 Å². The Morgan fingerprint density at radius 3 is 2.30 bits per heavy atom. The highest BCUT2D eigenvalue weighted by atomic mass is 35.5. The van der Waals surface area contributed by atoms with Crippen LogP contribution in [0.4, 0.5) is 10.7 Å². The Morgan fingerprint density at radius 2 is 1.65 bits per heavy atom. The van der Waals surface area contributed by atoms with Crippen molar-refractivity contribution in [3.05, 3.63) is 111 Å². The van der Waals surface area contributed by atoms with Gasteiger partial charge in [-0.1, -0.05) is 41.9 Å². The predicted octanol–water partition coefficient (Wildman–Crippen LogP) is 5.53. The molecule has 40 heavy (non-hydrogen) atoms. The van der Waals surface area contributed by atoms with E-state index < -0.39 is 21.8 Å². The van der Waals surface area contributed by atoms with Crippen LogP contribution in [0.25, 0.3) is 0 Å². The zero-order valence-electron chi connectivity index (χ0n) is 21.1. The molecule has 4 N–H and O–H groups in total. The minimum Gasteiger partial charge on any atom is -0.365 e. The third-order valence-electron chi connectivity index (χ3n) is 6.38. The SMILES string of the molecule is Cl.NC(=O)c1c(NC(=O)c2ccc(NS(=O)(=O)c3ccc(Cl)cc3)cc2)sc2c1CCN(Cc1ccccc1)C2. The van der Waals surface area contributed by atoms with Crippen LogP contribution in [0.2, 0.25) is 5.02 Å². The fourth-order valence-corrected chi connectivity index (χ4v) is 6.95. The number of fused-ring (bicyclic) bond motifs is 1. The lowest BCUT2D eigenvalue weighted by atomic mass is 10.0. The Morgan fingerprint density at radius 1 is 0.975 bits per heavy atom. The maximum atomic E-state index is 13.0. The summed E-state index contributed by atoms with van der Waals surface area (Å²) >= 11 is 7.20. The second-order valence-electron chi connectivity index (χ2n) is 9.11. The molecule has 1 aliphatic rings. The Bertz CT molecular complexity index is 1630. The maximum absolute atomic E-state index is 13.0. The zero-order chi connectivity index (χ0) is 27.6. The summed E-state index contributed by atoms with van der Waals surface area (Å²) in [5, 5.41) is 3.69. The van der Waals surface area contributed by atoms with Gasteiger partial charge in [0.05, 0.1) is 10.5 Å². The van der Waals surface area contributed by atoms with Crippen molar-refractivity contribution in [1.29, 1.82) is 0 Å². The largest absolute Gasteiger partial charge is 0.365 e. The number of nitrogens with one attached hydrogen (secondary N) is 2. The minimum atomic E-state index is -3.82. The number of sulfonamides is 1. The number of benzene rings is 3. The van der Waals surface area contributed by atoms with Crippen LogP contribution < -0.4 is 15.8 Å².